The summed E-state index contributed by atoms with van der Waals surface area (Å²) in [6.45, 7) is 9.98. The van der Waals surface area contributed by atoms with E-state index in [0.29, 0.717) is 17.5 Å². The Morgan fingerprint density at radius 1 is 1.45 bits per heavy atom. The zero-order valence-electron chi connectivity index (χ0n) is 13.4. The fourth-order valence-electron chi connectivity index (χ4n) is 1.98. The Labute approximate surface area is 138 Å². The predicted octanol–water partition coefficient (Wildman–Crippen LogP) is 5.23. The molecule has 2 nitrogen and oxygen atoms in total. The minimum atomic E-state index is -0.323. The Hall–Kier alpha value is -1.80. The summed E-state index contributed by atoms with van der Waals surface area (Å²) >= 11 is 6.09. The van der Waals surface area contributed by atoms with Crippen molar-refractivity contribution in [3.8, 4) is 0 Å². The van der Waals surface area contributed by atoms with Gasteiger partial charge in [-0.15, -0.1) is 6.58 Å². The van der Waals surface area contributed by atoms with Crippen LogP contribution < -0.4 is 0 Å². The van der Waals surface area contributed by atoms with E-state index >= 15 is 0 Å². The third-order valence-corrected chi connectivity index (χ3v) is 3.45. The van der Waals surface area contributed by atoms with Crippen LogP contribution in [-0.4, -0.2) is 12.6 Å². The highest BCUT2D eigenvalue weighted by atomic mass is 35.5. The second-order valence-electron chi connectivity index (χ2n) is 5.23. The predicted molar refractivity (Wildman–Crippen MR) is 93.9 cm³/mol. The number of carbonyl (C=O) groups is 1. The quantitative estimate of drug-likeness (QED) is 0.298. The van der Waals surface area contributed by atoms with Gasteiger partial charge in [-0.1, -0.05) is 42.8 Å². The fourth-order valence-corrected chi connectivity index (χ4v) is 2.16. The minimum Gasteiger partial charge on any atom is -0.463 e. The van der Waals surface area contributed by atoms with Crippen LogP contribution in [0, 0.1) is 5.92 Å². The van der Waals surface area contributed by atoms with Gasteiger partial charge in [0, 0.05) is 11.1 Å². The van der Waals surface area contributed by atoms with Crippen molar-refractivity contribution in [2.75, 3.05) is 6.61 Å². The molecule has 118 valence electrons. The van der Waals surface area contributed by atoms with Gasteiger partial charge in [-0.05, 0) is 55.0 Å². The van der Waals surface area contributed by atoms with Gasteiger partial charge in [0.1, 0.15) is 0 Å². The molecule has 3 heteroatoms. The molecule has 1 rings (SSSR count). The van der Waals surface area contributed by atoms with Gasteiger partial charge in [-0.3, -0.25) is 0 Å². The zero-order chi connectivity index (χ0) is 16.5. The number of esters is 1. The summed E-state index contributed by atoms with van der Waals surface area (Å²) in [5.41, 5.74) is 3.09. The van der Waals surface area contributed by atoms with Crippen LogP contribution in [0.2, 0.25) is 5.02 Å². The first kappa shape index (κ1) is 18.2. The van der Waals surface area contributed by atoms with E-state index in [-0.39, 0.29) is 5.97 Å². The third kappa shape index (κ3) is 6.31. The van der Waals surface area contributed by atoms with Crippen molar-refractivity contribution in [2.45, 2.75) is 27.2 Å². The molecule has 1 aromatic rings. The van der Waals surface area contributed by atoms with Gasteiger partial charge in [-0.25, -0.2) is 4.79 Å². The molecule has 0 saturated heterocycles. The Balaban J connectivity index is 2.95. The van der Waals surface area contributed by atoms with Crippen molar-refractivity contribution in [1.82, 2.24) is 0 Å². The van der Waals surface area contributed by atoms with Crippen LogP contribution in [0.3, 0.4) is 0 Å². The molecule has 0 aliphatic rings. The SMILES string of the molecule is C=CC(C)Cc1ccc(Cl)cc1/C=C/C(C)=C/C(=O)OCC. The number of hydrogen-bond acceptors (Lipinski definition) is 2. The molecular weight excluding hydrogens is 296 g/mol. The van der Waals surface area contributed by atoms with Crippen LogP contribution in [0.5, 0.6) is 0 Å². The molecule has 0 spiro atoms. The van der Waals surface area contributed by atoms with E-state index in [4.69, 9.17) is 16.3 Å². The van der Waals surface area contributed by atoms with Crippen LogP contribution >= 0.6 is 11.6 Å². The normalized spacial score (nSPS) is 13.2. The fraction of sp³-hybridized carbons (Fsp3) is 0.316. The van der Waals surface area contributed by atoms with E-state index in [1.807, 2.05) is 43.4 Å². The van der Waals surface area contributed by atoms with Gasteiger partial charge in [0.05, 0.1) is 6.61 Å². The lowest BCUT2D eigenvalue weighted by Crippen LogP contribution is -2.00. The number of carbonyl (C=O) groups excluding carboxylic acids is 1. The lowest BCUT2D eigenvalue weighted by Gasteiger charge is -2.10. The molecule has 1 atom stereocenters. The zero-order valence-corrected chi connectivity index (χ0v) is 14.2. The molecule has 0 bridgehead atoms. The van der Waals surface area contributed by atoms with Crippen LogP contribution in [0.25, 0.3) is 6.08 Å². The topological polar surface area (TPSA) is 26.3 Å². The largest absolute Gasteiger partial charge is 0.463 e. The molecule has 0 aliphatic heterocycles. The molecule has 0 aromatic heterocycles. The van der Waals surface area contributed by atoms with Crippen molar-refractivity contribution in [2.24, 2.45) is 5.92 Å². The average molecular weight is 319 g/mol. The average Bonchev–Trinajstić information content (AvgIpc) is 2.47. The summed E-state index contributed by atoms with van der Waals surface area (Å²) in [5.74, 6) is 0.0701. The van der Waals surface area contributed by atoms with E-state index in [2.05, 4.69) is 13.5 Å². The molecule has 0 N–H and O–H groups in total. The molecule has 22 heavy (non-hydrogen) atoms. The molecule has 0 radical (unpaired) electrons. The highest BCUT2D eigenvalue weighted by Crippen LogP contribution is 2.21. The number of hydrogen-bond donors (Lipinski definition) is 0. The lowest BCUT2D eigenvalue weighted by molar-refractivity contribution is -0.137. The lowest BCUT2D eigenvalue weighted by atomic mass is 9.96. The van der Waals surface area contributed by atoms with Gasteiger partial charge in [0.2, 0.25) is 0 Å². The number of allylic oxidation sites excluding steroid dienone is 3. The first-order valence-corrected chi connectivity index (χ1v) is 7.78. The highest BCUT2D eigenvalue weighted by Gasteiger charge is 2.05. The number of benzene rings is 1. The molecule has 0 heterocycles. The standard InChI is InChI=1S/C19H23ClO2/c1-5-14(3)11-16-9-10-18(20)13-17(16)8-7-15(4)12-19(21)22-6-2/h5,7-10,12-14H,1,6,11H2,2-4H3/b8-7+,15-12+. The minimum absolute atomic E-state index is 0.323. The second-order valence-corrected chi connectivity index (χ2v) is 5.67. The number of halogens is 1. The number of ether oxygens (including phenoxy) is 1. The monoisotopic (exact) mass is 318 g/mol. The third-order valence-electron chi connectivity index (χ3n) is 3.21. The van der Waals surface area contributed by atoms with E-state index < -0.39 is 0 Å². The molecule has 1 unspecified atom stereocenters. The molecule has 0 aliphatic carbocycles. The first-order valence-electron chi connectivity index (χ1n) is 7.40. The van der Waals surface area contributed by atoms with Crippen molar-refractivity contribution in [3.05, 3.63) is 64.7 Å². The summed E-state index contributed by atoms with van der Waals surface area (Å²) < 4.78 is 4.89. The summed E-state index contributed by atoms with van der Waals surface area (Å²) in [5, 5.41) is 0.696. The van der Waals surface area contributed by atoms with Crippen LogP contribution in [0.15, 0.2) is 48.6 Å². The van der Waals surface area contributed by atoms with Gasteiger partial charge < -0.3 is 4.74 Å². The van der Waals surface area contributed by atoms with Gasteiger partial charge in [0.25, 0.3) is 0 Å². The number of rotatable bonds is 7. The Bertz CT molecular complexity index is 585. The van der Waals surface area contributed by atoms with E-state index in [9.17, 15) is 4.79 Å². The Morgan fingerprint density at radius 3 is 2.82 bits per heavy atom. The van der Waals surface area contributed by atoms with E-state index in [1.54, 1.807) is 6.92 Å². The van der Waals surface area contributed by atoms with Gasteiger partial charge in [-0.2, -0.15) is 0 Å². The van der Waals surface area contributed by atoms with Crippen molar-refractivity contribution in [1.29, 1.82) is 0 Å². The Kier molecular flexibility index (Phi) is 7.69. The molecule has 0 amide bonds. The summed E-state index contributed by atoms with van der Waals surface area (Å²) in [7, 11) is 0. The maximum atomic E-state index is 11.4. The first-order chi connectivity index (χ1) is 10.5. The van der Waals surface area contributed by atoms with E-state index in [0.717, 1.165) is 17.6 Å². The summed E-state index contributed by atoms with van der Waals surface area (Å²) in [6.07, 6.45) is 8.19. The molecular formula is C19H23ClO2. The maximum absolute atomic E-state index is 11.4. The van der Waals surface area contributed by atoms with E-state index in [1.165, 1.54) is 11.6 Å². The second kappa shape index (κ2) is 9.26. The van der Waals surface area contributed by atoms with Crippen LogP contribution in [0.1, 0.15) is 31.9 Å². The van der Waals surface area contributed by atoms with Crippen LogP contribution in [0.4, 0.5) is 0 Å². The summed E-state index contributed by atoms with van der Waals surface area (Å²) in [6, 6.07) is 5.86. The van der Waals surface area contributed by atoms with Crippen molar-refractivity contribution >= 4 is 23.6 Å². The maximum Gasteiger partial charge on any atom is 0.330 e. The summed E-state index contributed by atoms with van der Waals surface area (Å²) in [4.78, 5) is 11.4. The van der Waals surface area contributed by atoms with Crippen LogP contribution in [-0.2, 0) is 16.0 Å². The van der Waals surface area contributed by atoms with Crippen molar-refractivity contribution in [3.63, 3.8) is 0 Å². The van der Waals surface area contributed by atoms with Gasteiger partial charge in [0.15, 0.2) is 0 Å². The van der Waals surface area contributed by atoms with Crippen molar-refractivity contribution < 1.29 is 9.53 Å². The van der Waals surface area contributed by atoms with Gasteiger partial charge >= 0.3 is 5.97 Å². The molecule has 1 aromatic carbocycles. The Morgan fingerprint density at radius 2 is 2.18 bits per heavy atom. The smallest absolute Gasteiger partial charge is 0.330 e. The highest BCUT2D eigenvalue weighted by molar-refractivity contribution is 6.30. The molecule has 0 fully saturated rings. The molecule has 0 saturated carbocycles.